The Morgan fingerprint density at radius 3 is 2.73 bits per heavy atom. The van der Waals surface area contributed by atoms with E-state index in [9.17, 15) is 24.6 Å². The normalized spacial score (nSPS) is 23.7. The molecular weight excluding hydrogens is 476 g/mol. The third-order valence-electron chi connectivity index (χ3n) is 7.29. The van der Waals surface area contributed by atoms with Gasteiger partial charge in [0, 0.05) is 36.2 Å². The molecule has 3 aliphatic rings. The molecule has 1 aromatic rings. The minimum Gasteiger partial charge on any atom is -0.493 e. The van der Waals surface area contributed by atoms with Gasteiger partial charge in [0.25, 0.3) is 0 Å². The lowest BCUT2D eigenvalue weighted by Gasteiger charge is -2.41. The highest BCUT2D eigenvalue weighted by Crippen LogP contribution is 2.51. The maximum absolute atomic E-state index is 13.4. The van der Waals surface area contributed by atoms with E-state index in [1.807, 2.05) is 6.08 Å². The van der Waals surface area contributed by atoms with Crippen LogP contribution in [0.15, 0.2) is 36.4 Å². The van der Waals surface area contributed by atoms with Gasteiger partial charge >= 0.3 is 0 Å². The molecule has 2 amide bonds. The maximum Gasteiger partial charge on any atom is 0.247 e. The lowest BCUT2D eigenvalue weighted by atomic mass is 9.77. The Balaban J connectivity index is 1.72. The first-order chi connectivity index (χ1) is 17.9. The number of rotatable bonds is 13. The van der Waals surface area contributed by atoms with Crippen LogP contribution in [0.25, 0.3) is 0 Å². The number of allylic oxidation sites excluding steroid dienone is 1. The zero-order valence-electron chi connectivity index (χ0n) is 21.2. The fraction of sp³-hybridized carbons (Fsp3) is 0.536. The lowest BCUT2D eigenvalue weighted by molar-refractivity contribution is -0.137. The third kappa shape index (κ3) is 5.72. The SMILES string of the molecule is C=CCCCCC(=O)N(CC1CC1)C1C=C(C(=O)NCCO)C2c3cc(C=O)cc(OC)c3OC2C1O. The average Bonchev–Trinajstić information content (AvgIpc) is 3.65. The van der Waals surface area contributed by atoms with E-state index < -0.39 is 30.1 Å². The molecular formula is C28H36N2O7. The van der Waals surface area contributed by atoms with E-state index in [0.29, 0.717) is 59.8 Å². The summed E-state index contributed by atoms with van der Waals surface area (Å²) in [5, 5.41) is 23.5. The van der Waals surface area contributed by atoms with Gasteiger partial charge in [-0.05, 0) is 56.2 Å². The van der Waals surface area contributed by atoms with E-state index in [1.165, 1.54) is 7.11 Å². The Bertz CT molecular complexity index is 1060. The summed E-state index contributed by atoms with van der Waals surface area (Å²) >= 11 is 0. The predicted molar refractivity (Wildman–Crippen MR) is 137 cm³/mol. The van der Waals surface area contributed by atoms with Gasteiger partial charge in [0.1, 0.15) is 18.5 Å². The number of nitrogens with zero attached hydrogens (tertiary/aromatic N) is 1. The number of hydrogen-bond donors (Lipinski definition) is 3. The number of fused-ring (bicyclic) bond motifs is 3. The number of nitrogens with one attached hydrogen (secondary N) is 1. The van der Waals surface area contributed by atoms with Crippen LogP contribution in [0.2, 0.25) is 0 Å². The second-order valence-electron chi connectivity index (χ2n) is 9.93. The molecule has 4 atom stereocenters. The van der Waals surface area contributed by atoms with Crippen molar-refractivity contribution < 1.29 is 34.1 Å². The fourth-order valence-corrected chi connectivity index (χ4v) is 5.24. The first-order valence-corrected chi connectivity index (χ1v) is 13.0. The minimum atomic E-state index is -1.10. The Labute approximate surface area is 217 Å². The summed E-state index contributed by atoms with van der Waals surface area (Å²) in [6, 6.07) is 2.44. The van der Waals surface area contributed by atoms with Crippen molar-refractivity contribution in [1.82, 2.24) is 10.2 Å². The van der Waals surface area contributed by atoms with Crippen LogP contribution in [-0.2, 0) is 9.59 Å². The van der Waals surface area contributed by atoms with Gasteiger partial charge in [-0.1, -0.05) is 6.08 Å². The molecule has 4 rings (SSSR count). The standard InChI is InChI=1S/C28H36N2O7/c1-3-4-5-6-7-23(33)30(15-17-8-9-17)21-14-20(28(35)29-10-11-31)24-19-12-18(16-32)13-22(36-2)26(19)37-27(24)25(21)34/h3,12-14,16-17,21,24-25,27,31,34H,1,4-11,15H2,2H3,(H,29,35). The number of ether oxygens (including phenoxy) is 2. The molecule has 2 aliphatic carbocycles. The van der Waals surface area contributed by atoms with Crippen LogP contribution >= 0.6 is 0 Å². The van der Waals surface area contributed by atoms with Crippen molar-refractivity contribution in [2.24, 2.45) is 5.92 Å². The Hall–Kier alpha value is -3.17. The van der Waals surface area contributed by atoms with Gasteiger partial charge in [0.2, 0.25) is 11.8 Å². The number of aliphatic hydroxyl groups is 2. The molecule has 1 aliphatic heterocycles. The number of amides is 2. The zero-order valence-corrected chi connectivity index (χ0v) is 21.2. The summed E-state index contributed by atoms with van der Waals surface area (Å²) < 4.78 is 11.7. The molecule has 0 aromatic heterocycles. The molecule has 4 unspecified atom stereocenters. The molecule has 1 fully saturated rings. The lowest BCUT2D eigenvalue weighted by Crippen LogP contribution is -2.56. The van der Waals surface area contributed by atoms with Crippen molar-refractivity contribution in [3.05, 3.63) is 47.6 Å². The Morgan fingerprint density at radius 1 is 1.30 bits per heavy atom. The number of aldehydes is 1. The number of unbranched alkanes of at least 4 members (excludes halogenated alkanes) is 2. The molecule has 37 heavy (non-hydrogen) atoms. The van der Waals surface area contributed by atoms with E-state index in [0.717, 1.165) is 25.7 Å². The van der Waals surface area contributed by atoms with Crippen LogP contribution in [0.1, 0.15) is 60.4 Å². The topological polar surface area (TPSA) is 125 Å². The average molecular weight is 513 g/mol. The van der Waals surface area contributed by atoms with E-state index >= 15 is 0 Å². The summed E-state index contributed by atoms with van der Waals surface area (Å²) in [4.78, 5) is 40.0. The van der Waals surface area contributed by atoms with Crippen molar-refractivity contribution in [3.63, 3.8) is 0 Å². The van der Waals surface area contributed by atoms with Gasteiger partial charge in [-0.15, -0.1) is 6.58 Å². The number of benzene rings is 1. The molecule has 0 bridgehead atoms. The van der Waals surface area contributed by atoms with Gasteiger partial charge in [0.05, 0.1) is 25.7 Å². The summed E-state index contributed by atoms with van der Waals surface area (Å²) in [6.07, 6.45) is 7.01. The smallest absolute Gasteiger partial charge is 0.247 e. The highest BCUT2D eigenvalue weighted by molar-refractivity contribution is 5.96. The molecule has 3 N–H and O–H groups in total. The predicted octanol–water partition coefficient (Wildman–Crippen LogP) is 2.12. The number of carbonyl (C=O) groups is 3. The Morgan fingerprint density at radius 2 is 2.08 bits per heavy atom. The first-order valence-electron chi connectivity index (χ1n) is 13.0. The largest absolute Gasteiger partial charge is 0.493 e. The summed E-state index contributed by atoms with van der Waals surface area (Å²) in [5.74, 6) is -0.0775. The van der Waals surface area contributed by atoms with E-state index in [1.54, 1.807) is 23.1 Å². The van der Waals surface area contributed by atoms with Crippen LogP contribution in [0.3, 0.4) is 0 Å². The number of hydrogen-bond acceptors (Lipinski definition) is 7. The van der Waals surface area contributed by atoms with E-state index in [4.69, 9.17) is 9.47 Å². The molecule has 9 nitrogen and oxygen atoms in total. The van der Waals surface area contributed by atoms with Crippen LogP contribution in [0.4, 0.5) is 0 Å². The van der Waals surface area contributed by atoms with Crippen molar-refractivity contribution in [2.45, 2.75) is 62.7 Å². The Kier molecular flexibility index (Phi) is 8.66. The second kappa shape index (κ2) is 11.9. The number of carbonyl (C=O) groups excluding carboxylic acids is 3. The van der Waals surface area contributed by atoms with Crippen LogP contribution in [0, 0.1) is 5.92 Å². The monoisotopic (exact) mass is 512 g/mol. The molecule has 0 spiro atoms. The highest BCUT2D eigenvalue weighted by Gasteiger charge is 2.51. The molecule has 1 heterocycles. The molecule has 1 saturated carbocycles. The van der Waals surface area contributed by atoms with Crippen molar-refractivity contribution in [3.8, 4) is 11.5 Å². The van der Waals surface area contributed by atoms with Crippen molar-refractivity contribution in [2.75, 3.05) is 26.8 Å². The van der Waals surface area contributed by atoms with Gasteiger partial charge in [0.15, 0.2) is 11.5 Å². The molecule has 0 radical (unpaired) electrons. The second-order valence-corrected chi connectivity index (χ2v) is 9.93. The van der Waals surface area contributed by atoms with E-state index in [2.05, 4.69) is 11.9 Å². The van der Waals surface area contributed by atoms with Crippen LogP contribution in [-0.4, -0.2) is 78.3 Å². The number of methoxy groups -OCH3 is 1. The maximum atomic E-state index is 13.4. The summed E-state index contributed by atoms with van der Waals surface area (Å²) in [6.45, 7) is 4.06. The quantitative estimate of drug-likeness (QED) is 0.210. The van der Waals surface area contributed by atoms with Crippen molar-refractivity contribution >= 4 is 18.1 Å². The van der Waals surface area contributed by atoms with Crippen molar-refractivity contribution in [1.29, 1.82) is 0 Å². The first kappa shape index (κ1) is 26.9. The van der Waals surface area contributed by atoms with E-state index in [-0.39, 0.29) is 19.1 Å². The van der Waals surface area contributed by atoms with Gasteiger partial charge in [-0.25, -0.2) is 0 Å². The number of aliphatic hydroxyl groups excluding tert-OH is 2. The highest BCUT2D eigenvalue weighted by atomic mass is 16.5. The molecule has 9 heteroatoms. The molecule has 200 valence electrons. The summed E-state index contributed by atoms with van der Waals surface area (Å²) in [7, 11) is 1.46. The minimum absolute atomic E-state index is 0.0558. The van der Waals surface area contributed by atoms with Gasteiger partial charge < -0.3 is 29.9 Å². The van der Waals surface area contributed by atoms with Crippen LogP contribution < -0.4 is 14.8 Å². The zero-order chi connectivity index (χ0) is 26.5. The van der Waals surface area contributed by atoms with Gasteiger partial charge in [-0.3, -0.25) is 14.4 Å². The third-order valence-corrected chi connectivity index (χ3v) is 7.29. The molecule has 0 saturated heterocycles. The van der Waals surface area contributed by atoms with Crippen LogP contribution in [0.5, 0.6) is 11.5 Å². The molecule has 1 aromatic carbocycles. The van der Waals surface area contributed by atoms with Gasteiger partial charge in [-0.2, -0.15) is 0 Å². The summed E-state index contributed by atoms with van der Waals surface area (Å²) in [5.41, 5.74) is 1.26. The fourth-order valence-electron chi connectivity index (χ4n) is 5.24.